The summed E-state index contributed by atoms with van der Waals surface area (Å²) in [6, 6.07) is 13.4. The maximum atomic E-state index is 12.6. The largest absolute Gasteiger partial charge is 0.382 e. The third kappa shape index (κ3) is 1.86. The molecule has 0 fully saturated rings. The van der Waals surface area contributed by atoms with Crippen molar-refractivity contribution in [1.29, 1.82) is 0 Å². The molecule has 0 aromatic heterocycles. The monoisotopic (exact) mass is 261 g/mol. The van der Waals surface area contributed by atoms with Gasteiger partial charge in [-0.15, -0.1) is 6.58 Å². The van der Waals surface area contributed by atoms with Crippen LogP contribution >= 0.6 is 0 Å². The van der Waals surface area contributed by atoms with E-state index in [-0.39, 0.29) is 5.78 Å². The molecule has 0 amide bonds. The van der Waals surface area contributed by atoms with Crippen molar-refractivity contribution in [2.24, 2.45) is 0 Å². The first kappa shape index (κ1) is 12.4. The maximum absolute atomic E-state index is 12.6. The van der Waals surface area contributed by atoms with Gasteiger partial charge in [-0.2, -0.15) is 0 Å². The number of anilines is 1. The van der Waals surface area contributed by atoms with Crippen molar-refractivity contribution in [3.63, 3.8) is 0 Å². The smallest absolute Gasteiger partial charge is 0.194 e. The van der Waals surface area contributed by atoms with Gasteiger partial charge in [0.1, 0.15) is 0 Å². The number of fused-ring (bicyclic) bond motifs is 2. The van der Waals surface area contributed by atoms with Crippen molar-refractivity contribution >= 4 is 17.0 Å². The number of hydrogen-bond acceptors (Lipinski definition) is 2. The van der Waals surface area contributed by atoms with E-state index in [1.807, 2.05) is 42.5 Å². The molecular weight excluding hydrogens is 246 g/mol. The Labute approximate surface area is 118 Å². The van der Waals surface area contributed by atoms with E-state index in [0.717, 1.165) is 28.0 Å². The molecule has 0 aliphatic heterocycles. The molecule has 2 nitrogen and oxygen atoms in total. The number of carbonyl (C=O) groups is 1. The Morgan fingerprint density at radius 3 is 2.45 bits per heavy atom. The van der Waals surface area contributed by atoms with Gasteiger partial charge in [-0.25, -0.2) is 0 Å². The van der Waals surface area contributed by atoms with Crippen LogP contribution in [0.25, 0.3) is 5.57 Å². The zero-order valence-corrected chi connectivity index (χ0v) is 11.1. The number of carbonyl (C=O) groups excluding carboxylic acids is 1. The predicted molar refractivity (Wildman–Crippen MR) is 83.1 cm³/mol. The quantitative estimate of drug-likeness (QED) is 0.725. The normalized spacial score (nSPS) is 12.6. The standard InChI is InChI=1S/C18H15NO/c1-3-10-19-13-8-9-15-12(2)14-6-4-5-7-16(14)18(20)17(15)11-13/h3-9,11,19H,1-2,10H2. The third-order valence-electron chi connectivity index (χ3n) is 3.54. The zero-order chi connectivity index (χ0) is 14.1. The summed E-state index contributed by atoms with van der Waals surface area (Å²) in [5.41, 5.74) is 5.11. The van der Waals surface area contributed by atoms with E-state index in [0.29, 0.717) is 12.1 Å². The lowest BCUT2D eigenvalue weighted by Gasteiger charge is -2.21. The van der Waals surface area contributed by atoms with Crippen molar-refractivity contribution in [2.75, 3.05) is 11.9 Å². The minimum atomic E-state index is 0.0604. The lowest BCUT2D eigenvalue weighted by atomic mass is 9.82. The molecular formula is C18H15NO. The van der Waals surface area contributed by atoms with Gasteiger partial charge in [0.05, 0.1) is 0 Å². The average Bonchev–Trinajstić information content (AvgIpc) is 2.50. The van der Waals surface area contributed by atoms with E-state index in [4.69, 9.17) is 0 Å². The van der Waals surface area contributed by atoms with Crippen LogP contribution in [0.3, 0.4) is 0 Å². The third-order valence-corrected chi connectivity index (χ3v) is 3.54. The van der Waals surface area contributed by atoms with Crippen LogP contribution in [-0.2, 0) is 0 Å². The number of hydrogen-bond donors (Lipinski definition) is 1. The van der Waals surface area contributed by atoms with Gasteiger partial charge < -0.3 is 5.32 Å². The highest BCUT2D eigenvalue weighted by Gasteiger charge is 2.25. The molecule has 20 heavy (non-hydrogen) atoms. The molecule has 0 unspecified atom stereocenters. The van der Waals surface area contributed by atoms with Crippen LogP contribution < -0.4 is 5.32 Å². The summed E-state index contributed by atoms with van der Waals surface area (Å²) in [6.07, 6.45) is 1.79. The molecule has 2 aromatic carbocycles. The molecule has 2 heteroatoms. The summed E-state index contributed by atoms with van der Waals surface area (Å²) in [5, 5.41) is 3.20. The highest BCUT2D eigenvalue weighted by molar-refractivity contribution is 6.18. The van der Waals surface area contributed by atoms with Crippen LogP contribution in [0.15, 0.2) is 61.7 Å². The SMILES string of the molecule is C=CCNc1ccc2c(c1)C(=O)c1ccccc1C2=C. The first-order valence-electron chi connectivity index (χ1n) is 6.54. The fourth-order valence-corrected chi connectivity index (χ4v) is 2.53. The Bertz CT molecular complexity index is 728. The Morgan fingerprint density at radius 1 is 1.00 bits per heavy atom. The Morgan fingerprint density at radius 2 is 1.70 bits per heavy atom. The van der Waals surface area contributed by atoms with Crippen LogP contribution in [0, 0.1) is 0 Å². The van der Waals surface area contributed by atoms with Crippen molar-refractivity contribution in [1.82, 2.24) is 0 Å². The second kappa shape index (κ2) is 4.82. The van der Waals surface area contributed by atoms with E-state index in [9.17, 15) is 4.79 Å². The Kier molecular flexibility index (Phi) is 2.99. The summed E-state index contributed by atoms with van der Waals surface area (Å²) in [4.78, 5) is 12.6. The number of ketones is 1. The van der Waals surface area contributed by atoms with E-state index >= 15 is 0 Å². The topological polar surface area (TPSA) is 29.1 Å². The van der Waals surface area contributed by atoms with Gasteiger partial charge in [0, 0.05) is 23.4 Å². The average molecular weight is 261 g/mol. The van der Waals surface area contributed by atoms with Crippen LogP contribution in [-0.4, -0.2) is 12.3 Å². The van der Waals surface area contributed by atoms with Gasteiger partial charge in [0.25, 0.3) is 0 Å². The molecule has 0 radical (unpaired) electrons. The molecule has 0 saturated carbocycles. The van der Waals surface area contributed by atoms with Crippen LogP contribution in [0.2, 0.25) is 0 Å². The van der Waals surface area contributed by atoms with Crippen LogP contribution in [0.1, 0.15) is 27.0 Å². The van der Waals surface area contributed by atoms with Crippen molar-refractivity contribution in [3.8, 4) is 0 Å². The lowest BCUT2D eigenvalue weighted by molar-refractivity contribution is 0.103. The Balaban J connectivity index is 2.11. The number of rotatable bonds is 3. The molecule has 0 saturated heterocycles. The van der Waals surface area contributed by atoms with Crippen molar-refractivity contribution in [3.05, 3.63) is 84.0 Å². The molecule has 0 atom stereocenters. The molecule has 1 N–H and O–H groups in total. The highest BCUT2D eigenvalue weighted by atomic mass is 16.1. The van der Waals surface area contributed by atoms with E-state index in [1.54, 1.807) is 6.08 Å². The highest BCUT2D eigenvalue weighted by Crippen LogP contribution is 2.35. The molecule has 0 heterocycles. The number of nitrogens with one attached hydrogen (secondary N) is 1. The van der Waals surface area contributed by atoms with Gasteiger partial charge in [0.15, 0.2) is 5.78 Å². The van der Waals surface area contributed by atoms with E-state index in [2.05, 4.69) is 18.5 Å². The summed E-state index contributed by atoms with van der Waals surface area (Å²) in [7, 11) is 0. The van der Waals surface area contributed by atoms with Gasteiger partial charge >= 0.3 is 0 Å². The second-order valence-corrected chi connectivity index (χ2v) is 4.78. The first-order chi connectivity index (χ1) is 9.72. The van der Waals surface area contributed by atoms with Gasteiger partial charge in [-0.05, 0) is 28.8 Å². The fraction of sp³-hybridized carbons (Fsp3) is 0.0556. The van der Waals surface area contributed by atoms with E-state index in [1.165, 1.54) is 0 Å². The summed E-state index contributed by atoms with van der Waals surface area (Å²) in [5.74, 6) is 0.0604. The molecule has 0 spiro atoms. The molecule has 98 valence electrons. The van der Waals surface area contributed by atoms with E-state index < -0.39 is 0 Å². The maximum Gasteiger partial charge on any atom is 0.194 e. The lowest BCUT2D eigenvalue weighted by Crippen LogP contribution is -2.14. The molecule has 1 aliphatic rings. The minimum Gasteiger partial charge on any atom is -0.382 e. The van der Waals surface area contributed by atoms with Gasteiger partial charge in [-0.3, -0.25) is 4.79 Å². The molecule has 0 bridgehead atoms. The molecule has 3 rings (SSSR count). The van der Waals surface area contributed by atoms with Crippen LogP contribution in [0.4, 0.5) is 5.69 Å². The minimum absolute atomic E-state index is 0.0604. The summed E-state index contributed by atoms with van der Waals surface area (Å²) >= 11 is 0. The van der Waals surface area contributed by atoms with Gasteiger partial charge in [0.2, 0.25) is 0 Å². The van der Waals surface area contributed by atoms with Crippen molar-refractivity contribution in [2.45, 2.75) is 0 Å². The predicted octanol–water partition coefficient (Wildman–Crippen LogP) is 3.89. The molecule has 2 aromatic rings. The molecule has 1 aliphatic carbocycles. The number of benzene rings is 2. The van der Waals surface area contributed by atoms with Crippen LogP contribution in [0.5, 0.6) is 0 Å². The fourth-order valence-electron chi connectivity index (χ4n) is 2.53. The van der Waals surface area contributed by atoms with Gasteiger partial charge in [-0.1, -0.05) is 43.0 Å². The van der Waals surface area contributed by atoms with Crippen molar-refractivity contribution < 1.29 is 4.79 Å². The zero-order valence-electron chi connectivity index (χ0n) is 11.1. The summed E-state index contributed by atoms with van der Waals surface area (Å²) in [6.45, 7) is 8.48. The second-order valence-electron chi connectivity index (χ2n) is 4.78. The first-order valence-corrected chi connectivity index (χ1v) is 6.54. The Hall–Kier alpha value is -2.61. The summed E-state index contributed by atoms with van der Waals surface area (Å²) < 4.78 is 0.